The third-order valence-corrected chi connectivity index (χ3v) is 5.30. The molecule has 1 saturated carbocycles. The average Bonchev–Trinajstić information content (AvgIpc) is 3.15. The summed E-state index contributed by atoms with van der Waals surface area (Å²) in [6.07, 6.45) is 3.78. The lowest BCUT2D eigenvalue weighted by Gasteiger charge is -2.37. The lowest BCUT2D eigenvalue weighted by Crippen LogP contribution is -2.54. The molecule has 2 aliphatic rings. The number of ether oxygens (including phenoxy) is 1. The molecular formula is C19H25ClN2O3. The number of benzene rings is 1. The van der Waals surface area contributed by atoms with Crippen LogP contribution in [0.3, 0.4) is 0 Å². The molecule has 1 aromatic carbocycles. The Morgan fingerprint density at radius 1 is 1.12 bits per heavy atom. The zero-order chi connectivity index (χ0) is 17.8. The first kappa shape index (κ1) is 18.1. The summed E-state index contributed by atoms with van der Waals surface area (Å²) in [6, 6.07) is 7.04. The fourth-order valence-corrected chi connectivity index (χ4v) is 3.81. The highest BCUT2D eigenvalue weighted by Gasteiger charge is 2.31. The van der Waals surface area contributed by atoms with E-state index in [1.54, 1.807) is 36.1 Å². The number of hydrogen-bond donors (Lipinski definition) is 0. The Kier molecular flexibility index (Phi) is 5.84. The zero-order valence-electron chi connectivity index (χ0n) is 14.6. The lowest BCUT2D eigenvalue weighted by molar-refractivity contribution is -0.145. The smallest absolute Gasteiger partial charge is 0.263 e. The Labute approximate surface area is 153 Å². The van der Waals surface area contributed by atoms with Crippen molar-refractivity contribution in [2.45, 2.75) is 38.7 Å². The van der Waals surface area contributed by atoms with Crippen molar-refractivity contribution in [2.75, 3.05) is 26.2 Å². The van der Waals surface area contributed by atoms with Gasteiger partial charge in [0.15, 0.2) is 6.10 Å². The van der Waals surface area contributed by atoms with Crippen molar-refractivity contribution in [1.82, 2.24) is 9.80 Å². The van der Waals surface area contributed by atoms with Crippen molar-refractivity contribution in [1.29, 1.82) is 0 Å². The summed E-state index contributed by atoms with van der Waals surface area (Å²) in [6.45, 7) is 4.12. The van der Waals surface area contributed by atoms with Crippen molar-refractivity contribution >= 4 is 23.4 Å². The molecule has 2 amide bonds. The van der Waals surface area contributed by atoms with Crippen LogP contribution in [-0.2, 0) is 9.59 Å². The van der Waals surface area contributed by atoms with Gasteiger partial charge in [0.05, 0.1) is 0 Å². The number of carbonyl (C=O) groups is 2. The number of amides is 2. The summed E-state index contributed by atoms with van der Waals surface area (Å²) in [5.41, 5.74) is 0. The van der Waals surface area contributed by atoms with Crippen molar-refractivity contribution in [3.8, 4) is 5.75 Å². The minimum atomic E-state index is -0.574. The second kappa shape index (κ2) is 8.09. The van der Waals surface area contributed by atoms with Crippen molar-refractivity contribution in [3.05, 3.63) is 29.3 Å². The lowest BCUT2D eigenvalue weighted by atomic mass is 10.1. The van der Waals surface area contributed by atoms with E-state index in [0.29, 0.717) is 37.0 Å². The maximum absolute atomic E-state index is 12.6. The molecule has 3 rings (SSSR count). The Hall–Kier alpha value is -1.75. The molecule has 1 aliphatic carbocycles. The van der Waals surface area contributed by atoms with Gasteiger partial charge >= 0.3 is 0 Å². The van der Waals surface area contributed by atoms with Gasteiger partial charge in [-0.3, -0.25) is 9.59 Å². The minimum Gasteiger partial charge on any atom is -0.481 e. The SMILES string of the molecule is CC(Oc1cccc(Cl)c1)C(=O)N1CCN(C(=O)C2CCCC2)CC1. The topological polar surface area (TPSA) is 49.9 Å². The Bertz CT molecular complexity index is 623. The van der Waals surface area contributed by atoms with Crippen LogP contribution in [0.2, 0.25) is 5.02 Å². The standard InChI is InChI=1S/C19H25ClN2O3/c1-14(25-17-8-4-7-16(20)13-17)18(23)21-9-11-22(12-10-21)19(24)15-5-2-3-6-15/h4,7-8,13-15H,2-3,5-6,9-12H2,1H3. The zero-order valence-corrected chi connectivity index (χ0v) is 15.4. The van der Waals surface area contributed by atoms with E-state index in [-0.39, 0.29) is 17.7 Å². The predicted molar refractivity (Wildman–Crippen MR) is 96.7 cm³/mol. The average molecular weight is 365 g/mol. The van der Waals surface area contributed by atoms with Gasteiger partial charge in [-0.1, -0.05) is 30.5 Å². The minimum absolute atomic E-state index is 0.0482. The molecule has 5 nitrogen and oxygen atoms in total. The number of carbonyl (C=O) groups excluding carboxylic acids is 2. The van der Waals surface area contributed by atoms with Crippen LogP contribution in [0, 0.1) is 5.92 Å². The van der Waals surface area contributed by atoms with Gasteiger partial charge in [0.1, 0.15) is 5.75 Å². The fraction of sp³-hybridized carbons (Fsp3) is 0.579. The monoisotopic (exact) mass is 364 g/mol. The molecule has 1 heterocycles. The van der Waals surface area contributed by atoms with E-state index in [9.17, 15) is 9.59 Å². The Balaban J connectivity index is 1.49. The van der Waals surface area contributed by atoms with Crippen LogP contribution in [-0.4, -0.2) is 53.9 Å². The summed E-state index contributed by atoms with van der Waals surface area (Å²) in [5.74, 6) is 1.01. The highest BCUT2D eigenvalue weighted by atomic mass is 35.5. The van der Waals surface area contributed by atoms with Gasteiger partial charge in [0.2, 0.25) is 5.91 Å². The molecule has 1 aliphatic heterocycles. The summed E-state index contributed by atoms with van der Waals surface area (Å²) in [7, 11) is 0. The number of hydrogen-bond acceptors (Lipinski definition) is 3. The van der Waals surface area contributed by atoms with Gasteiger partial charge < -0.3 is 14.5 Å². The van der Waals surface area contributed by atoms with E-state index in [4.69, 9.17) is 16.3 Å². The molecule has 25 heavy (non-hydrogen) atoms. The van der Waals surface area contributed by atoms with Crippen LogP contribution < -0.4 is 4.74 Å². The van der Waals surface area contributed by atoms with Crippen molar-refractivity contribution in [2.24, 2.45) is 5.92 Å². The predicted octanol–water partition coefficient (Wildman–Crippen LogP) is 2.97. The van der Waals surface area contributed by atoms with Crippen LogP contribution in [0.1, 0.15) is 32.6 Å². The summed E-state index contributed by atoms with van der Waals surface area (Å²) in [4.78, 5) is 28.8. The molecule has 1 unspecified atom stereocenters. The first-order valence-electron chi connectivity index (χ1n) is 9.04. The van der Waals surface area contributed by atoms with Gasteiger partial charge in [-0.25, -0.2) is 0 Å². The molecule has 0 aromatic heterocycles. The van der Waals surface area contributed by atoms with Gasteiger partial charge in [-0.15, -0.1) is 0 Å². The van der Waals surface area contributed by atoms with Crippen molar-refractivity contribution < 1.29 is 14.3 Å². The van der Waals surface area contributed by atoms with Crippen LogP contribution in [0.25, 0.3) is 0 Å². The van der Waals surface area contributed by atoms with Gasteiger partial charge in [0.25, 0.3) is 5.91 Å². The second-order valence-electron chi connectivity index (χ2n) is 6.85. The molecular weight excluding hydrogens is 340 g/mol. The number of halogens is 1. The maximum atomic E-state index is 12.6. The van der Waals surface area contributed by atoms with Crippen LogP contribution in [0.5, 0.6) is 5.75 Å². The van der Waals surface area contributed by atoms with E-state index in [1.165, 1.54) is 0 Å². The molecule has 1 atom stereocenters. The first-order valence-corrected chi connectivity index (χ1v) is 9.42. The van der Waals surface area contributed by atoms with Gasteiger partial charge in [-0.05, 0) is 38.0 Å². The highest BCUT2D eigenvalue weighted by molar-refractivity contribution is 6.30. The summed E-state index contributed by atoms with van der Waals surface area (Å²) < 4.78 is 5.71. The number of piperazine rings is 1. The Morgan fingerprint density at radius 3 is 2.40 bits per heavy atom. The maximum Gasteiger partial charge on any atom is 0.263 e. The third kappa shape index (κ3) is 4.46. The first-order chi connectivity index (χ1) is 12.0. The molecule has 2 fully saturated rings. The van der Waals surface area contributed by atoms with E-state index in [0.717, 1.165) is 25.7 Å². The van der Waals surface area contributed by atoms with Crippen LogP contribution in [0.15, 0.2) is 24.3 Å². The van der Waals surface area contributed by atoms with Crippen LogP contribution >= 0.6 is 11.6 Å². The Morgan fingerprint density at radius 2 is 1.76 bits per heavy atom. The molecule has 0 bridgehead atoms. The van der Waals surface area contributed by atoms with Crippen LogP contribution in [0.4, 0.5) is 0 Å². The molecule has 0 N–H and O–H groups in total. The largest absolute Gasteiger partial charge is 0.481 e. The van der Waals surface area contributed by atoms with E-state index < -0.39 is 6.10 Å². The third-order valence-electron chi connectivity index (χ3n) is 5.06. The van der Waals surface area contributed by atoms with Gasteiger partial charge in [0, 0.05) is 37.1 Å². The molecule has 1 saturated heterocycles. The number of rotatable bonds is 4. The molecule has 136 valence electrons. The summed E-state index contributed by atoms with van der Waals surface area (Å²) in [5, 5.41) is 0.580. The molecule has 6 heteroatoms. The molecule has 0 radical (unpaired) electrons. The van der Waals surface area contributed by atoms with E-state index >= 15 is 0 Å². The number of nitrogens with zero attached hydrogens (tertiary/aromatic N) is 2. The molecule has 0 spiro atoms. The quantitative estimate of drug-likeness (QED) is 0.825. The summed E-state index contributed by atoms with van der Waals surface area (Å²) >= 11 is 5.94. The van der Waals surface area contributed by atoms with E-state index in [2.05, 4.69) is 0 Å². The van der Waals surface area contributed by atoms with Gasteiger partial charge in [-0.2, -0.15) is 0 Å². The fourth-order valence-electron chi connectivity index (χ4n) is 3.63. The highest BCUT2D eigenvalue weighted by Crippen LogP contribution is 2.27. The molecule has 1 aromatic rings. The van der Waals surface area contributed by atoms with E-state index in [1.807, 2.05) is 4.90 Å². The van der Waals surface area contributed by atoms with Crippen molar-refractivity contribution in [3.63, 3.8) is 0 Å². The normalized spacial score (nSPS) is 19.8. The second-order valence-corrected chi connectivity index (χ2v) is 7.29.